The van der Waals surface area contributed by atoms with Crippen molar-refractivity contribution in [3.8, 4) is 0 Å². The minimum atomic E-state index is -1.40. The fraction of sp³-hybridized carbons (Fsp3) is 0.889. The Bertz CT molecular complexity index is 196. The summed E-state index contributed by atoms with van der Waals surface area (Å²) in [4.78, 5) is 11.5. The van der Waals surface area contributed by atoms with Gasteiger partial charge in [0, 0.05) is 0 Å². The van der Waals surface area contributed by atoms with Gasteiger partial charge in [-0.05, 0) is 5.92 Å². The van der Waals surface area contributed by atoms with Crippen LogP contribution in [0.25, 0.3) is 0 Å². The number of nitrogens with one attached hydrogen (secondary N) is 1. The van der Waals surface area contributed by atoms with Crippen LogP contribution in [0, 0.1) is 5.92 Å². The van der Waals surface area contributed by atoms with Crippen molar-refractivity contribution in [3.63, 3.8) is 0 Å². The molecular weight excluding hydrogens is 200 g/mol. The van der Waals surface area contributed by atoms with Crippen LogP contribution in [-0.4, -0.2) is 52.6 Å². The second-order valence-corrected chi connectivity index (χ2v) is 4.01. The molecule has 15 heavy (non-hydrogen) atoms. The average molecular weight is 220 g/mol. The van der Waals surface area contributed by atoms with Crippen molar-refractivity contribution >= 4 is 5.91 Å². The molecule has 6 N–H and O–H groups in total. The molecule has 0 aromatic heterocycles. The number of nitrogens with two attached hydrogens (primary N) is 1. The van der Waals surface area contributed by atoms with E-state index in [-0.39, 0.29) is 5.92 Å². The molecule has 0 saturated heterocycles. The maximum atomic E-state index is 11.5. The molecule has 1 unspecified atom stereocenters. The Labute approximate surface area is 89.1 Å². The molecule has 0 saturated carbocycles. The van der Waals surface area contributed by atoms with Crippen molar-refractivity contribution in [1.29, 1.82) is 0 Å². The number of rotatable bonds is 6. The zero-order chi connectivity index (χ0) is 12.1. The Morgan fingerprint density at radius 3 is 1.93 bits per heavy atom. The lowest BCUT2D eigenvalue weighted by Crippen LogP contribution is -2.60. The Balaban J connectivity index is 4.48. The Morgan fingerprint density at radius 1 is 1.27 bits per heavy atom. The number of carbonyl (C=O) groups is 1. The molecule has 0 radical (unpaired) electrons. The highest BCUT2D eigenvalue weighted by Crippen LogP contribution is 2.05. The lowest BCUT2D eigenvalue weighted by molar-refractivity contribution is -0.127. The second-order valence-electron chi connectivity index (χ2n) is 4.01. The van der Waals surface area contributed by atoms with Gasteiger partial charge in [-0.2, -0.15) is 0 Å². The molecule has 0 fully saturated rings. The van der Waals surface area contributed by atoms with Crippen LogP contribution in [0.3, 0.4) is 0 Å². The van der Waals surface area contributed by atoms with Crippen LogP contribution in [-0.2, 0) is 4.79 Å². The molecule has 0 aliphatic heterocycles. The van der Waals surface area contributed by atoms with E-state index in [9.17, 15) is 4.79 Å². The summed E-state index contributed by atoms with van der Waals surface area (Å²) in [5.74, 6) is -0.555. The first-order valence-electron chi connectivity index (χ1n) is 4.82. The van der Waals surface area contributed by atoms with Gasteiger partial charge < -0.3 is 26.4 Å². The van der Waals surface area contributed by atoms with Crippen molar-refractivity contribution in [2.45, 2.75) is 25.4 Å². The molecule has 0 aliphatic carbocycles. The Kier molecular flexibility index (Phi) is 5.74. The van der Waals surface area contributed by atoms with E-state index in [0.717, 1.165) is 0 Å². The summed E-state index contributed by atoms with van der Waals surface area (Å²) in [6.45, 7) is 1.93. The average Bonchev–Trinajstić information content (AvgIpc) is 2.24. The van der Waals surface area contributed by atoms with Gasteiger partial charge in [0.05, 0.1) is 25.9 Å². The van der Waals surface area contributed by atoms with Crippen LogP contribution in [0.4, 0.5) is 0 Å². The minimum absolute atomic E-state index is 0.0567. The SMILES string of the molecule is CC(C)C(N)C(=O)NC(CO)(CO)CO. The van der Waals surface area contributed by atoms with Gasteiger partial charge in [0.15, 0.2) is 0 Å². The van der Waals surface area contributed by atoms with E-state index in [2.05, 4.69) is 5.32 Å². The van der Waals surface area contributed by atoms with Crippen LogP contribution in [0.1, 0.15) is 13.8 Å². The van der Waals surface area contributed by atoms with Crippen LogP contribution < -0.4 is 11.1 Å². The van der Waals surface area contributed by atoms with Gasteiger partial charge in [0.2, 0.25) is 5.91 Å². The summed E-state index contributed by atoms with van der Waals surface area (Å²) in [6.07, 6.45) is 0. The predicted octanol–water partition coefficient (Wildman–Crippen LogP) is -2.20. The molecule has 0 aliphatic rings. The maximum Gasteiger partial charge on any atom is 0.237 e. The third kappa shape index (κ3) is 3.75. The topological polar surface area (TPSA) is 116 Å². The fourth-order valence-corrected chi connectivity index (χ4v) is 0.916. The van der Waals surface area contributed by atoms with Crippen LogP contribution >= 0.6 is 0 Å². The van der Waals surface area contributed by atoms with Gasteiger partial charge in [-0.1, -0.05) is 13.8 Å². The minimum Gasteiger partial charge on any atom is -0.394 e. The lowest BCUT2D eigenvalue weighted by atomic mass is 10.00. The highest BCUT2D eigenvalue weighted by Gasteiger charge is 2.32. The molecular formula is C9H20N2O4. The van der Waals surface area contributed by atoms with E-state index in [1.165, 1.54) is 0 Å². The van der Waals surface area contributed by atoms with E-state index in [0.29, 0.717) is 0 Å². The van der Waals surface area contributed by atoms with Crippen LogP contribution in [0.2, 0.25) is 0 Å². The van der Waals surface area contributed by atoms with Crippen molar-refractivity contribution in [1.82, 2.24) is 5.32 Å². The predicted molar refractivity (Wildman–Crippen MR) is 54.9 cm³/mol. The normalized spacial score (nSPS) is 14.1. The van der Waals surface area contributed by atoms with Crippen molar-refractivity contribution in [3.05, 3.63) is 0 Å². The second kappa shape index (κ2) is 6.02. The summed E-state index contributed by atoms with van der Waals surface area (Å²) in [5, 5.41) is 29.3. The summed E-state index contributed by atoms with van der Waals surface area (Å²) in [5.41, 5.74) is 4.18. The van der Waals surface area contributed by atoms with Gasteiger partial charge in [0.1, 0.15) is 5.54 Å². The van der Waals surface area contributed by atoms with Gasteiger partial charge in [-0.3, -0.25) is 4.79 Å². The first-order valence-corrected chi connectivity index (χ1v) is 4.82. The number of carbonyl (C=O) groups excluding carboxylic acids is 1. The third-order valence-electron chi connectivity index (χ3n) is 2.32. The molecule has 0 aromatic carbocycles. The highest BCUT2D eigenvalue weighted by atomic mass is 16.3. The molecule has 90 valence electrons. The summed E-state index contributed by atoms with van der Waals surface area (Å²) < 4.78 is 0. The number of amides is 1. The summed E-state index contributed by atoms with van der Waals surface area (Å²) in [6, 6.07) is -0.728. The number of hydrogen-bond acceptors (Lipinski definition) is 5. The smallest absolute Gasteiger partial charge is 0.237 e. The largest absolute Gasteiger partial charge is 0.394 e. The molecule has 0 bridgehead atoms. The van der Waals surface area contributed by atoms with E-state index >= 15 is 0 Å². The summed E-state index contributed by atoms with van der Waals surface area (Å²) >= 11 is 0. The molecule has 0 spiro atoms. The quantitative estimate of drug-likeness (QED) is 0.348. The molecule has 1 atom stereocenters. The standard InChI is InChI=1S/C9H20N2O4/c1-6(2)7(10)8(15)11-9(3-12,4-13)5-14/h6-7,12-14H,3-5,10H2,1-2H3,(H,11,15). The molecule has 0 aromatic rings. The number of hydrogen-bond donors (Lipinski definition) is 5. The monoisotopic (exact) mass is 220 g/mol. The molecule has 6 nitrogen and oxygen atoms in total. The lowest BCUT2D eigenvalue weighted by Gasteiger charge is -2.30. The maximum absolute atomic E-state index is 11.5. The van der Waals surface area contributed by atoms with E-state index in [1.54, 1.807) is 13.8 Å². The van der Waals surface area contributed by atoms with Gasteiger partial charge in [-0.25, -0.2) is 0 Å². The highest BCUT2D eigenvalue weighted by molar-refractivity contribution is 5.82. The van der Waals surface area contributed by atoms with Gasteiger partial charge in [0.25, 0.3) is 0 Å². The summed E-state index contributed by atoms with van der Waals surface area (Å²) in [7, 11) is 0. The fourth-order valence-electron chi connectivity index (χ4n) is 0.916. The van der Waals surface area contributed by atoms with E-state index in [1.807, 2.05) is 0 Å². The van der Waals surface area contributed by atoms with Crippen LogP contribution in [0.5, 0.6) is 0 Å². The Hall–Kier alpha value is -0.690. The molecule has 6 heteroatoms. The van der Waals surface area contributed by atoms with Crippen molar-refractivity contribution in [2.75, 3.05) is 19.8 Å². The third-order valence-corrected chi connectivity index (χ3v) is 2.32. The number of aliphatic hydroxyl groups excluding tert-OH is 3. The molecule has 0 rings (SSSR count). The first-order chi connectivity index (χ1) is 6.92. The Morgan fingerprint density at radius 2 is 1.67 bits per heavy atom. The van der Waals surface area contributed by atoms with E-state index < -0.39 is 37.3 Å². The van der Waals surface area contributed by atoms with Gasteiger partial charge in [-0.15, -0.1) is 0 Å². The zero-order valence-electron chi connectivity index (χ0n) is 9.10. The molecule has 0 heterocycles. The van der Waals surface area contributed by atoms with Crippen LogP contribution in [0.15, 0.2) is 0 Å². The van der Waals surface area contributed by atoms with E-state index in [4.69, 9.17) is 21.1 Å². The molecule has 1 amide bonds. The van der Waals surface area contributed by atoms with Crippen molar-refractivity contribution in [2.24, 2.45) is 11.7 Å². The van der Waals surface area contributed by atoms with Crippen molar-refractivity contribution < 1.29 is 20.1 Å². The number of aliphatic hydroxyl groups is 3. The van der Waals surface area contributed by atoms with Gasteiger partial charge >= 0.3 is 0 Å². The zero-order valence-corrected chi connectivity index (χ0v) is 9.10. The first kappa shape index (κ1) is 14.3.